The van der Waals surface area contributed by atoms with Crippen molar-refractivity contribution in [2.24, 2.45) is 0 Å². The molecule has 1 aliphatic rings. The zero-order valence-electron chi connectivity index (χ0n) is 8.89. The van der Waals surface area contributed by atoms with Crippen LogP contribution in [0.5, 0.6) is 0 Å². The summed E-state index contributed by atoms with van der Waals surface area (Å²) in [6.45, 7) is 0. The van der Waals surface area contributed by atoms with E-state index in [1.165, 1.54) is 6.07 Å². The Labute approximate surface area is 102 Å². The molecule has 0 unspecified atom stereocenters. The SMILES string of the molecule is Nc1cc2c3c(c(F)ccc3c1Cl)CCC2=O. The highest BCUT2D eigenvalue weighted by Gasteiger charge is 2.23. The van der Waals surface area contributed by atoms with Gasteiger partial charge in [0, 0.05) is 22.8 Å². The molecule has 0 aliphatic heterocycles. The van der Waals surface area contributed by atoms with Gasteiger partial charge in [0.05, 0.1) is 10.7 Å². The number of halogens is 2. The Balaban J connectivity index is 2.57. The van der Waals surface area contributed by atoms with Crippen LogP contribution in [0.1, 0.15) is 22.3 Å². The van der Waals surface area contributed by atoms with Gasteiger partial charge in [-0.2, -0.15) is 0 Å². The van der Waals surface area contributed by atoms with Crippen LogP contribution < -0.4 is 5.73 Å². The normalized spacial score (nSPS) is 14.4. The topological polar surface area (TPSA) is 43.1 Å². The molecular formula is C13H9ClFNO. The average molecular weight is 250 g/mol. The summed E-state index contributed by atoms with van der Waals surface area (Å²) in [4.78, 5) is 11.8. The van der Waals surface area contributed by atoms with Gasteiger partial charge in [-0.25, -0.2) is 4.39 Å². The highest BCUT2D eigenvalue weighted by atomic mass is 35.5. The lowest BCUT2D eigenvalue weighted by molar-refractivity contribution is 0.0981. The molecule has 17 heavy (non-hydrogen) atoms. The van der Waals surface area contributed by atoms with E-state index in [1.54, 1.807) is 12.1 Å². The van der Waals surface area contributed by atoms with E-state index in [0.29, 0.717) is 45.5 Å². The summed E-state index contributed by atoms with van der Waals surface area (Å²) in [5.74, 6) is -0.288. The van der Waals surface area contributed by atoms with E-state index in [9.17, 15) is 9.18 Å². The Bertz CT molecular complexity index is 666. The van der Waals surface area contributed by atoms with Crippen LogP contribution in [0.4, 0.5) is 10.1 Å². The molecule has 2 aromatic carbocycles. The van der Waals surface area contributed by atoms with E-state index in [-0.39, 0.29) is 11.6 Å². The first-order chi connectivity index (χ1) is 8.09. The van der Waals surface area contributed by atoms with Gasteiger partial charge in [0.2, 0.25) is 0 Å². The quantitative estimate of drug-likeness (QED) is 0.728. The molecule has 0 fully saturated rings. The van der Waals surface area contributed by atoms with E-state index < -0.39 is 0 Å². The summed E-state index contributed by atoms with van der Waals surface area (Å²) in [5.41, 5.74) is 7.18. The van der Waals surface area contributed by atoms with Crippen molar-refractivity contribution in [3.63, 3.8) is 0 Å². The summed E-state index contributed by atoms with van der Waals surface area (Å²) in [5, 5.41) is 1.67. The van der Waals surface area contributed by atoms with E-state index in [2.05, 4.69) is 0 Å². The Morgan fingerprint density at radius 2 is 2.06 bits per heavy atom. The van der Waals surface area contributed by atoms with Crippen molar-refractivity contribution >= 4 is 33.8 Å². The summed E-state index contributed by atoms with van der Waals surface area (Å²) >= 11 is 6.09. The van der Waals surface area contributed by atoms with Gasteiger partial charge in [0.1, 0.15) is 5.82 Å². The number of nitrogen functional groups attached to an aromatic ring is 1. The maximum atomic E-state index is 13.7. The van der Waals surface area contributed by atoms with Crippen molar-refractivity contribution < 1.29 is 9.18 Å². The molecule has 86 valence electrons. The van der Waals surface area contributed by atoms with Crippen molar-refractivity contribution in [3.8, 4) is 0 Å². The fourth-order valence-electron chi connectivity index (χ4n) is 2.40. The first-order valence-electron chi connectivity index (χ1n) is 5.32. The molecule has 2 N–H and O–H groups in total. The fourth-order valence-corrected chi connectivity index (χ4v) is 2.61. The number of rotatable bonds is 0. The molecule has 3 rings (SSSR count). The van der Waals surface area contributed by atoms with Gasteiger partial charge in [0.25, 0.3) is 0 Å². The number of aryl methyl sites for hydroxylation is 1. The first kappa shape index (κ1) is 10.5. The van der Waals surface area contributed by atoms with Gasteiger partial charge in [-0.1, -0.05) is 11.6 Å². The third-order valence-electron chi connectivity index (χ3n) is 3.22. The zero-order valence-corrected chi connectivity index (χ0v) is 9.64. The minimum absolute atomic E-state index is 0.00327. The minimum Gasteiger partial charge on any atom is -0.397 e. The van der Waals surface area contributed by atoms with Gasteiger partial charge in [0.15, 0.2) is 5.78 Å². The third-order valence-corrected chi connectivity index (χ3v) is 3.64. The molecular weight excluding hydrogens is 241 g/mol. The molecule has 0 heterocycles. The highest BCUT2D eigenvalue weighted by Crippen LogP contribution is 2.38. The van der Waals surface area contributed by atoms with Crippen molar-refractivity contribution in [1.82, 2.24) is 0 Å². The minimum atomic E-state index is -0.285. The van der Waals surface area contributed by atoms with E-state index >= 15 is 0 Å². The molecule has 0 saturated heterocycles. The van der Waals surface area contributed by atoms with Gasteiger partial charge >= 0.3 is 0 Å². The van der Waals surface area contributed by atoms with E-state index in [0.717, 1.165) is 0 Å². The van der Waals surface area contributed by atoms with Gasteiger partial charge in [-0.15, -0.1) is 0 Å². The molecule has 0 radical (unpaired) electrons. The summed E-state index contributed by atoms with van der Waals surface area (Å²) in [6, 6.07) is 4.51. The number of hydrogen-bond acceptors (Lipinski definition) is 2. The van der Waals surface area contributed by atoms with Crippen LogP contribution in [0, 0.1) is 5.82 Å². The molecule has 0 atom stereocenters. The maximum absolute atomic E-state index is 13.7. The molecule has 1 aliphatic carbocycles. The summed E-state index contributed by atoms with van der Waals surface area (Å²) in [7, 11) is 0. The molecule has 0 bridgehead atoms. The number of carbonyl (C=O) groups excluding carboxylic acids is 1. The lowest BCUT2D eigenvalue weighted by Crippen LogP contribution is -2.12. The summed E-state index contributed by atoms with van der Waals surface area (Å²) < 4.78 is 13.7. The standard InChI is InChI=1S/C13H9ClFNO/c14-13-7-1-3-9(15)6-2-4-11(17)8(12(6)7)5-10(13)16/h1,3,5H,2,4,16H2. The van der Waals surface area contributed by atoms with Crippen LogP contribution in [0.25, 0.3) is 10.8 Å². The van der Waals surface area contributed by atoms with Gasteiger partial charge in [-0.3, -0.25) is 4.79 Å². The van der Waals surface area contributed by atoms with Crippen LogP contribution in [-0.2, 0) is 6.42 Å². The van der Waals surface area contributed by atoms with Gasteiger partial charge in [-0.05, 0) is 30.2 Å². The lowest BCUT2D eigenvalue weighted by atomic mass is 9.87. The van der Waals surface area contributed by atoms with Crippen LogP contribution >= 0.6 is 11.6 Å². The van der Waals surface area contributed by atoms with Crippen LogP contribution in [-0.4, -0.2) is 5.78 Å². The molecule has 2 nitrogen and oxygen atoms in total. The van der Waals surface area contributed by atoms with Crippen LogP contribution in [0.3, 0.4) is 0 Å². The average Bonchev–Trinajstić information content (AvgIpc) is 2.31. The predicted octanol–water partition coefficient (Wildman–Crippen LogP) is 3.34. The Hall–Kier alpha value is -1.61. The largest absolute Gasteiger partial charge is 0.397 e. The van der Waals surface area contributed by atoms with Gasteiger partial charge < -0.3 is 5.73 Å². The number of Topliss-reactive ketones (excluding diaryl/α,β-unsaturated/α-hetero) is 1. The van der Waals surface area contributed by atoms with Crippen LogP contribution in [0.15, 0.2) is 18.2 Å². The Morgan fingerprint density at radius 1 is 1.29 bits per heavy atom. The third kappa shape index (κ3) is 1.35. The number of ketones is 1. The molecule has 4 heteroatoms. The molecule has 0 aromatic heterocycles. The highest BCUT2D eigenvalue weighted by molar-refractivity contribution is 6.39. The van der Waals surface area contributed by atoms with Crippen molar-refractivity contribution in [1.29, 1.82) is 0 Å². The predicted molar refractivity (Wildman–Crippen MR) is 66.0 cm³/mol. The lowest BCUT2D eigenvalue weighted by Gasteiger charge is -2.18. The Kier molecular flexibility index (Phi) is 2.13. The monoisotopic (exact) mass is 249 g/mol. The number of anilines is 1. The maximum Gasteiger partial charge on any atom is 0.163 e. The molecule has 0 amide bonds. The zero-order chi connectivity index (χ0) is 12.2. The number of benzene rings is 2. The first-order valence-corrected chi connectivity index (χ1v) is 5.69. The van der Waals surface area contributed by atoms with Crippen molar-refractivity contribution in [2.75, 3.05) is 5.73 Å². The van der Waals surface area contributed by atoms with Crippen LogP contribution in [0.2, 0.25) is 5.02 Å². The molecule has 2 aromatic rings. The second-order valence-electron chi connectivity index (χ2n) is 4.20. The number of hydrogen-bond donors (Lipinski definition) is 1. The smallest absolute Gasteiger partial charge is 0.163 e. The second kappa shape index (κ2) is 3.44. The molecule has 0 spiro atoms. The van der Waals surface area contributed by atoms with E-state index in [1.807, 2.05) is 0 Å². The number of carbonyl (C=O) groups is 1. The summed E-state index contributed by atoms with van der Waals surface area (Å²) in [6.07, 6.45) is 0.749. The Morgan fingerprint density at radius 3 is 2.82 bits per heavy atom. The number of nitrogens with two attached hydrogens (primary N) is 1. The van der Waals surface area contributed by atoms with Crippen molar-refractivity contribution in [2.45, 2.75) is 12.8 Å². The fraction of sp³-hybridized carbons (Fsp3) is 0.154. The molecule has 0 saturated carbocycles. The van der Waals surface area contributed by atoms with E-state index in [4.69, 9.17) is 17.3 Å². The second-order valence-corrected chi connectivity index (χ2v) is 4.58. The van der Waals surface area contributed by atoms with Crippen molar-refractivity contribution in [3.05, 3.63) is 40.2 Å².